The van der Waals surface area contributed by atoms with Gasteiger partial charge in [-0.3, -0.25) is 0 Å². The first-order valence-corrected chi connectivity index (χ1v) is 13.2. The van der Waals surface area contributed by atoms with E-state index < -0.39 is 0 Å². The van der Waals surface area contributed by atoms with Gasteiger partial charge in [-0.15, -0.1) is 0 Å². The molecule has 2 heteroatoms. The molecule has 3 atom stereocenters. The monoisotopic (exact) mass is 448 g/mol. The van der Waals surface area contributed by atoms with Crippen LogP contribution in [0.4, 0.5) is 0 Å². The van der Waals surface area contributed by atoms with Crippen LogP contribution in [0.25, 0.3) is 0 Å². The molecule has 0 rings (SSSR count). The number of allylic oxidation sites excluding steroid dienone is 6. The van der Waals surface area contributed by atoms with Crippen molar-refractivity contribution >= 4 is 0 Å². The van der Waals surface area contributed by atoms with Crippen LogP contribution < -0.4 is 0 Å². The van der Waals surface area contributed by atoms with Crippen LogP contribution in [0.2, 0.25) is 0 Å². The standard InChI is InChI=1S/C30H56O2/c1-24(2)13-10-16-27(7)19-21-31-30(23-29(9)18-12-15-26(5)6)32-22-20-28(8)17-11-14-25(3)4/h13-15,27-30H,10-12,16-23H2,1-9H3/t27-,28-,29-/m0/s1. The maximum atomic E-state index is 6.27. The van der Waals surface area contributed by atoms with Crippen molar-refractivity contribution in [1.29, 1.82) is 0 Å². The van der Waals surface area contributed by atoms with E-state index in [1.807, 2.05) is 0 Å². The van der Waals surface area contributed by atoms with Crippen LogP contribution in [-0.2, 0) is 9.47 Å². The van der Waals surface area contributed by atoms with Gasteiger partial charge in [0, 0.05) is 19.6 Å². The molecular formula is C30H56O2. The molecule has 0 aromatic carbocycles. The fourth-order valence-electron chi connectivity index (χ4n) is 3.69. The van der Waals surface area contributed by atoms with Crippen molar-refractivity contribution in [3.8, 4) is 0 Å². The zero-order valence-corrected chi connectivity index (χ0v) is 23.1. The molecule has 0 saturated heterocycles. The van der Waals surface area contributed by atoms with E-state index in [0.29, 0.717) is 17.8 Å². The SMILES string of the molecule is CC(C)=CCC[C@H](C)CCOC(C[C@@H](C)CCC=C(C)C)OCC[C@@H](C)CCC=C(C)C. The molecular weight excluding hydrogens is 392 g/mol. The summed E-state index contributed by atoms with van der Waals surface area (Å²) in [5, 5.41) is 0. The van der Waals surface area contributed by atoms with Gasteiger partial charge in [-0.1, -0.05) is 55.7 Å². The number of hydrogen-bond donors (Lipinski definition) is 0. The first kappa shape index (κ1) is 31.1. The Balaban J connectivity index is 4.47. The zero-order valence-electron chi connectivity index (χ0n) is 23.1. The molecule has 0 aliphatic carbocycles. The van der Waals surface area contributed by atoms with Gasteiger partial charge in [0.1, 0.15) is 0 Å². The Kier molecular flexibility index (Phi) is 19.1. The van der Waals surface area contributed by atoms with Gasteiger partial charge in [0.05, 0.1) is 0 Å². The van der Waals surface area contributed by atoms with Crippen molar-refractivity contribution in [3.05, 3.63) is 34.9 Å². The van der Waals surface area contributed by atoms with Crippen LogP contribution >= 0.6 is 0 Å². The summed E-state index contributed by atoms with van der Waals surface area (Å²) in [5.41, 5.74) is 4.24. The minimum absolute atomic E-state index is 0.0633. The summed E-state index contributed by atoms with van der Waals surface area (Å²) in [4.78, 5) is 0. The maximum Gasteiger partial charge on any atom is 0.157 e. The molecule has 0 saturated carbocycles. The summed E-state index contributed by atoms with van der Waals surface area (Å²) in [6, 6.07) is 0. The fraction of sp³-hybridized carbons (Fsp3) is 0.800. The molecule has 0 fully saturated rings. The average molecular weight is 449 g/mol. The summed E-state index contributed by atoms with van der Waals surface area (Å²) in [5.74, 6) is 1.99. The highest BCUT2D eigenvalue weighted by Gasteiger charge is 2.15. The third kappa shape index (κ3) is 21.0. The Hall–Kier alpha value is -0.860. The van der Waals surface area contributed by atoms with Crippen LogP contribution in [-0.4, -0.2) is 19.5 Å². The predicted molar refractivity (Wildman–Crippen MR) is 143 cm³/mol. The summed E-state index contributed by atoms with van der Waals surface area (Å²) in [7, 11) is 0. The lowest BCUT2D eigenvalue weighted by Crippen LogP contribution is -2.23. The Morgan fingerprint density at radius 3 is 1.22 bits per heavy atom. The van der Waals surface area contributed by atoms with E-state index in [9.17, 15) is 0 Å². The van der Waals surface area contributed by atoms with E-state index >= 15 is 0 Å². The van der Waals surface area contributed by atoms with E-state index in [1.54, 1.807) is 0 Å². The molecule has 0 radical (unpaired) electrons. The zero-order chi connectivity index (χ0) is 24.4. The van der Waals surface area contributed by atoms with Crippen molar-refractivity contribution in [2.45, 2.75) is 126 Å². The largest absolute Gasteiger partial charge is 0.353 e. The van der Waals surface area contributed by atoms with Crippen LogP contribution in [0.15, 0.2) is 34.9 Å². The van der Waals surface area contributed by atoms with E-state index in [2.05, 4.69) is 80.5 Å². The fourth-order valence-corrected chi connectivity index (χ4v) is 3.69. The molecule has 0 aliphatic heterocycles. The third-order valence-electron chi connectivity index (χ3n) is 6.06. The summed E-state index contributed by atoms with van der Waals surface area (Å²) < 4.78 is 12.5. The summed E-state index contributed by atoms with van der Waals surface area (Å²) in [6.45, 7) is 21.7. The van der Waals surface area contributed by atoms with Gasteiger partial charge >= 0.3 is 0 Å². The summed E-state index contributed by atoms with van der Waals surface area (Å²) in [6.07, 6.45) is 17.4. The van der Waals surface area contributed by atoms with Crippen molar-refractivity contribution in [3.63, 3.8) is 0 Å². The van der Waals surface area contributed by atoms with Crippen LogP contribution in [0.1, 0.15) is 120 Å². The number of hydrogen-bond acceptors (Lipinski definition) is 2. The summed E-state index contributed by atoms with van der Waals surface area (Å²) >= 11 is 0. The number of ether oxygens (including phenoxy) is 2. The minimum atomic E-state index is -0.0633. The Bertz CT molecular complexity index is 497. The van der Waals surface area contributed by atoms with E-state index in [-0.39, 0.29) is 6.29 Å². The highest BCUT2D eigenvalue weighted by molar-refractivity contribution is 4.94. The van der Waals surface area contributed by atoms with Crippen molar-refractivity contribution in [1.82, 2.24) is 0 Å². The lowest BCUT2D eigenvalue weighted by molar-refractivity contribution is -0.155. The quantitative estimate of drug-likeness (QED) is 0.145. The normalized spacial score (nSPS) is 14.1. The predicted octanol–water partition coefficient (Wildman–Crippen LogP) is 9.66. The Morgan fingerprint density at radius 2 is 0.875 bits per heavy atom. The third-order valence-corrected chi connectivity index (χ3v) is 6.06. The second-order valence-electron chi connectivity index (χ2n) is 10.9. The van der Waals surface area contributed by atoms with E-state index in [4.69, 9.17) is 9.47 Å². The molecule has 0 N–H and O–H groups in total. The topological polar surface area (TPSA) is 18.5 Å². The lowest BCUT2D eigenvalue weighted by atomic mass is 10.00. The first-order chi connectivity index (χ1) is 15.1. The number of rotatable bonds is 19. The molecule has 0 bridgehead atoms. The second-order valence-corrected chi connectivity index (χ2v) is 10.9. The molecule has 188 valence electrons. The molecule has 0 unspecified atom stereocenters. The van der Waals surface area contributed by atoms with Gasteiger partial charge in [-0.05, 0) is 111 Å². The Labute approximate surface area is 201 Å². The smallest absolute Gasteiger partial charge is 0.157 e. The molecule has 0 aromatic heterocycles. The Morgan fingerprint density at radius 1 is 0.531 bits per heavy atom. The van der Waals surface area contributed by atoms with E-state index in [0.717, 1.165) is 38.9 Å². The van der Waals surface area contributed by atoms with Gasteiger partial charge in [0.15, 0.2) is 6.29 Å². The second kappa shape index (κ2) is 19.6. The van der Waals surface area contributed by atoms with Crippen LogP contribution in [0.5, 0.6) is 0 Å². The molecule has 0 spiro atoms. The molecule has 0 heterocycles. The molecule has 0 aromatic rings. The van der Waals surface area contributed by atoms with Crippen molar-refractivity contribution in [2.24, 2.45) is 17.8 Å². The minimum Gasteiger partial charge on any atom is -0.353 e. The van der Waals surface area contributed by atoms with Gasteiger partial charge in [0.25, 0.3) is 0 Å². The molecule has 0 aliphatic rings. The van der Waals surface area contributed by atoms with Crippen molar-refractivity contribution in [2.75, 3.05) is 13.2 Å². The van der Waals surface area contributed by atoms with Gasteiger partial charge in [-0.2, -0.15) is 0 Å². The first-order valence-electron chi connectivity index (χ1n) is 13.2. The van der Waals surface area contributed by atoms with Gasteiger partial charge in [0.2, 0.25) is 0 Å². The van der Waals surface area contributed by atoms with Crippen molar-refractivity contribution < 1.29 is 9.47 Å². The maximum absolute atomic E-state index is 6.27. The van der Waals surface area contributed by atoms with Gasteiger partial charge in [-0.25, -0.2) is 0 Å². The molecule has 2 nitrogen and oxygen atoms in total. The van der Waals surface area contributed by atoms with Crippen LogP contribution in [0, 0.1) is 17.8 Å². The molecule has 32 heavy (non-hydrogen) atoms. The average Bonchev–Trinajstić information content (AvgIpc) is 2.66. The lowest BCUT2D eigenvalue weighted by Gasteiger charge is -2.23. The highest BCUT2D eigenvalue weighted by Crippen LogP contribution is 2.20. The van der Waals surface area contributed by atoms with E-state index in [1.165, 1.54) is 48.8 Å². The van der Waals surface area contributed by atoms with Gasteiger partial charge < -0.3 is 9.47 Å². The highest BCUT2D eigenvalue weighted by atomic mass is 16.7. The van der Waals surface area contributed by atoms with Crippen LogP contribution in [0.3, 0.4) is 0 Å². The molecule has 0 amide bonds.